The standard InChI is InChI=1S/C6H8F3N3/c1-12-4(6(7,8)9)2-3-5(10)11-12/h2-3,11H,10H2,1H3. The molecule has 1 aliphatic heterocycles. The Hall–Kier alpha value is -1.33. The molecule has 0 aromatic carbocycles. The fraction of sp³-hybridized carbons (Fsp3) is 0.333. The van der Waals surface area contributed by atoms with Crippen LogP contribution in [0.25, 0.3) is 0 Å². The SMILES string of the molecule is CN1NC(N)=CC=C1C(F)(F)F. The third kappa shape index (κ3) is 1.63. The van der Waals surface area contributed by atoms with Crippen molar-refractivity contribution in [2.24, 2.45) is 5.73 Å². The lowest BCUT2D eigenvalue weighted by molar-refractivity contribution is -0.113. The second-order valence-electron chi connectivity index (χ2n) is 2.34. The Kier molecular flexibility index (Phi) is 1.91. The maximum atomic E-state index is 12.1. The van der Waals surface area contributed by atoms with Crippen LogP contribution in [0.3, 0.4) is 0 Å². The predicted molar refractivity (Wildman–Crippen MR) is 37.3 cm³/mol. The molecule has 0 amide bonds. The van der Waals surface area contributed by atoms with Crippen molar-refractivity contribution < 1.29 is 13.2 Å². The average Bonchev–Trinajstić information content (AvgIpc) is 1.83. The van der Waals surface area contributed by atoms with E-state index in [0.717, 1.165) is 11.1 Å². The number of hydrogen-bond donors (Lipinski definition) is 2. The van der Waals surface area contributed by atoms with Crippen LogP contribution in [0.4, 0.5) is 13.2 Å². The molecule has 3 nitrogen and oxygen atoms in total. The third-order valence-electron chi connectivity index (χ3n) is 1.37. The Labute approximate surface area is 67.3 Å². The number of nitrogens with zero attached hydrogens (tertiary/aromatic N) is 1. The molecule has 0 unspecified atom stereocenters. The van der Waals surface area contributed by atoms with Gasteiger partial charge in [-0.15, -0.1) is 0 Å². The van der Waals surface area contributed by atoms with Gasteiger partial charge in [-0.2, -0.15) is 13.2 Å². The molecule has 0 saturated heterocycles. The molecule has 6 heteroatoms. The number of nitrogens with two attached hydrogens (primary N) is 1. The first-order valence-corrected chi connectivity index (χ1v) is 3.16. The number of halogens is 3. The van der Waals surface area contributed by atoms with Crippen LogP contribution in [0.2, 0.25) is 0 Å². The summed E-state index contributed by atoms with van der Waals surface area (Å²) < 4.78 is 36.3. The molecular formula is C6H8F3N3. The van der Waals surface area contributed by atoms with Crippen molar-refractivity contribution >= 4 is 0 Å². The lowest BCUT2D eigenvalue weighted by Crippen LogP contribution is -2.42. The largest absolute Gasteiger partial charge is 0.432 e. The summed E-state index contributed by atoms with van der Waals surface area (Å²) in [6.07, 6.45) is -2.26. The van der Waals surface area contributed by atoms with Crippen molar-refractivity contribution in [3.8, 4) is 0 Å². The Morgan fingerprint density at radius 3 is 2.42 bits per heavy atom. The van der Waals surface area contributed by atoms with Gasteiger partial charge in [-0.1, -0.05) is 0 Å². The molecule has 0 aromatic rings. The first-order valence-electron chi connectivity index (χ1n) is 3.16. The Morgan fingerprint density at radius 2 is 2.00 bits per heavy atom. The van der Waals surface area contributed by atoms with Crippen molar-refractivity contribution in [2.75, 3.05) is 7.05 Å². The zero-order valence-electron chi connectivity index (χ0n) is 6.31. The average molecular weight is 179 g/mol. The van der Waals surface area contributed by atoms with E-state index < -0.39 is 11.9 Å². The highest BCUT2D eigenvalue weighted by molar-refractivity contribution is 5.21. The first kappa shape index (κ1) is 8.76. The van der Waals surface area contributed by atoms with E-state index in [9.17, 15) is 13.2 Å². The zero-order chi connectivity index (χ0) is 9.35. The van der Waals surface area contributed by atoms with Crippen molar-refractivity contribution in [2.45, 2.75) is 6.18 Å². The maximum absolute atomic E-state index is 12.1. The highest BCUT2D eigenvalue weighted by atomic mass is 19.4. The second kappa shape index (κ2) is 2.62. The fourth-order valence-electron chi connectivity index (χ4n) is 0.856. The molecule has 3 N–H and O–H groups in total. The molecule has 1 aliphatic rings. The van der Waals surface area contributed by atoms with Gasteiger partial charge in [0.1, 0.15) is 11.5 Å². The molecule has 0 aromatic heterocycles. The van der Waals surface area contributed by atoms with Crippen molar-refractivity contribution in [1.82, 2.24) is 10.4 Å². The van der Waals surface area contributed by atoms with Crippen LogP contribution in [0.5, 0.6) is 0 Å². The second-order valence-corrected chi connectivity index (χ2v) is 2.34. The van der Waals surface area contributed by atoms with E-state index in [0.29, 0.717) is 0 Å². The molecule has 12 heavy (non-hydrogen) atoms. The highest BCUT2D eigenvalue weighted by Crippen LogP contribution is 2.28. The summed E-state index contributed by atoms with van der Waals surface area (Å²) in [5, 5.41) is 0.829. The van der Waals surface area contributed by atoms with E-state index in [1.54, 1.807) is 0 Å². The van der Waals surface area contributed by atoms with Gasteiger partial charge >= 0.3 is 6.18 Å². The summed E-state index contributed by atoms with van der Waals surface area (Å²) in [7, 11) is 1.25. The van der Waals surface area contributed by atoms with Gasteiger partial charge in [0.25, 0.3) is 0 Å². The molecule has 0 saturated carbocycles. The molecule has 0 bridgehead atoms. The quantitative estimate of drug-likeness (QED) is 0.574. The van der Waals surface area contributed by atoms with Gasteiger partial charge < -0.3 is 5.73 Å². The molecule has 1 heterocycles. The van der Waals surface area contributed by atoms with E-state index in [-0.39, 0.29) is 5.82 Å². The highest BCUT2D eigenvalue weighted by Gasteiger charge is 2.37. The number of hydrogen-bond acceptors (Lipinski definition) is 3. The van der Waals surface area contributed by atoms with Crippen LogP contribution in [0, 0.1) is 0 Å². The molecule has 0 atom stereocenters. The van der Waals surface area contributed by atoms with E-state index in [1.165, 1.54) is 13.1 Å². The van der Waals surface area contributed by atoms with Gasteiger partial charge in [0.05, 0.1) is 0 Å². The van der Waals surface area contributed by atoms with Gasteiger partial charge in [-0.3, -0.25) is 10.4 Å². The van der Waals surface area contributed by atoms with E-state index in [1.807, 2.05) is 0 Å². The van der Waals surface area contributed by atoms with Crippen LogP contribution in [-0.2, 0) is 0 Å². The molecule has 0 fully saturated rings. The number of allylic oxidation sites excluding steroid dienone is 3. The smallest absolute Gasteiger partial charge is 0.384 e. The lowest BCUT2D eigenvalue weighted by Gasteiger charge is -2.28. The Morgan fingerprint density at radius 1 is 1.42 bits per heavy atom. The molecule has 68 valence electrons. The molecule has 1 rings (SSSR count). The van der Waals surface area contributed by atoms with Gasteiger partial charge in [0.15, 0.2) is 0 Å². The fourth-order valence-corrected chi connectivity index (χ4v) is 0.856. The van der Waals surface area contributed by atoms with Crippen molar-refractivity contribution in [3.63, 3.8) is 0 Å². The van der Waals surface area contributed by atoms with E-state index in [4.69, 9.17) is 5.73 Å². The van der Waals surface area contributed by atoms with Gasteiger partial charge in [-0.05, 0) is 12.2 Å². The van der Waals surface area contributed by atoms with Crippen LogP contribution in [0.1, 0.15) is 0 Å². The van der Waals surface area contributed by atoms with E-state index in [2.05, 4.69) is 5.43 Å². The number of alkyl halides is 3. The molecule has 0 aliphatic carbocycles. The van der Waals surface area contributed by atoms with Crippen LogP contribution in [-0.4, -0.2) is 18.2 Å². The summed E-state index contributed by atoms with van der Waals surface area (Å²) in [4.78, 5) is 0. The summed E-state index contributed by atoms with van der Waals surface area (Å²) in [6, 6.07) is 0. The lowest BCUT2D eigenvalue weighted by atomic mass is 10.3. The maximum Gasteiger partial charge on any atom is 0.432 e. The normalized spacial score (nSPS) is 18.2. The van der Waals surface area contributed by atoms with Crippen molar-refractivity contribution in [1.29, 1.82) is 0 Å². The minimum atomic E-state index is -4.35. The number of hydrazine groups is 1. The van der Waals surface area contributed by atoms with Gasteiger partial charge in [0.2, 0.25) is 0 Å². The summed E-state index contributed by atoms with van der Waals surface area (Å²) in [5.74, 6) is 0.186. The van der Waals surface area contributed by atoms with Crippen LogP contribution < -0.4 is 11.2 Å². The first-order chi connectivity index (χ1) is 5.41. The molecule has 0 spiro atoms. The Bertz CT molecular complexity index is 241. The van der Waals surface area contributed by atoms with Crippen molar-refractivity contribution in [3.05, 3.63) is 23.7 Å². The topological polar surface area (TPSA) is 41.3 Å². The molecular weight excluding hydrogens is 171 g/mol. The minimum absolute atomic E-state index is 0.186. The van der Waals surface area contributed by atoms with Gasteiger partial charge in [0, 0.05) is 7.05 Å². The summed E-state index contributed by atoms with van der Waals surface area (Å²) in [5.41, 5.74) is 6.78. The predicted octanol–water partition coefficient (Wildman–Crippen LogP) is 0.683. The van der Waals surface area contributed by atoms with Crippen LogP contribution in [0.15, 0.2) is 23.7 Å². The third-order valence-corrected chi connectivity index (χ3v) is 1.37. The van der Waals surface area contributed by atoms with Crippen LogP contribution >= 0.6 is 0 Å². The zero-order valence-corrected chi connectivity index (χ0v) is 6.31. The van der Waals surface area contributed by atoms with E-state index >= 15 is 0 Å². The van der Waals surface area contributed by atoms with Gasteiger partial charge in [-0.25, -0.2) is 0 Å². The minimum Gasteiger partial charge on any atom is -0.384 e. The Balaban J connectivity index is 2.91. The number of rotatable bonds is 0. The summed E-state index contributed by atoms with van der Waals surface area (Å²) in [6.45, 7) is 0. The summed E-state index contributed by atoms with van der Waals surface area (Å²) >= 11 is 0. The molecule has 0 radical (unpaired) electrons. The monoisotopic (exact) mass is 179 g/mol. The number of nitrogens with one attached hydrogen (secondary N) is 1.